The van der Waals surface area contributed by atoms with Gasteiger partial charge in [-0.3, -0.25) is 4.79 Å². The van der Waals surface area contributed by atoms with E-state index >= 15 is 0 Å². The summed E-state index contributed by atoms with van der Waals surface area (Å²) in [5.74, 6) is -0.219. The highest BCUT2D eigenvalue weighted by atomic mass is 35.5. The molecule has 0 radical (unpaired) electrons. The van der Waals surface area contributed by atoms with Crippen molar-refractivity contribution in [2.24, 2.45) is 5.92 Å². The Morgan fingerprint density at radius 2 is 1.69 bits per heavy atom. The molecule has 2 aromatic carbocycles. The SMILES string of the molecule is Cc1ccc([C@@H](C)NC(=O)C2CCN(S(=O)(=O)Cc3ccc(Cl)cc3)CC2)cc1. The van der Waals surface area contributed by atoms with Gasteiger partial charge in [0.15, 0.2) is 0 Å². The van der Waals surface area contributed by atoms with Crippen LogP contribution in [0, 0.1) is 12.8 Å². The molecule has 156 valence electrons. The molecule has 0 spiro atoms. The molecule has 2 aromatic rings. The van der Waals surface area contributed by atoms with Gasteiger partial charge in [0.05, 0.1) is 11.8 Å². The van der Waals surface area contributed by atoms with E-state index in [9.17, 15) is 13.2 Å². The van der Waals surface area contributed by atoms with Gasteiger partial charge in [-0.05, 0) is 49.9 Å². The van der Waals surface area contributed by atoms with Crippen molar-refractivity contribution in [3.63, 3.8) is 0 Å². The molecular weight excluding hydrogens is 408 g/mol. The summed E-state index contributed by atoms with van der Waals surface area (Å²) in [6.45, 7) is 4.73. The van der Waals surface area contributed by atoms with E-state index in [0.29, 0.717) is 36.5 Å². The molecule has 0 bridgehead atoms. The standard InChI is InChI=1S/C22H27ClN2O3S/c1-16-3-7-19(8-4-16)17(2)24-22(26)20-11-13-25(14-12-20)29(27,28)15-18-5-9-21(23)10-6-18/h3-10,17,20H,11-15H2,1-2H3,(H,24,26)/t17-/m1/s1. The van der Waals surface area contributed by atoms with Crippen LogP contribution in [-0.4, -0.2) is 31.7 Å². The van der Waals surface area contributed by atoms with Crippen molar-refractivity contribution in [2.75, 3.05) is 13.1 Å². The number of benzene rings is 2. The Labute approximate surface area is 178 Å². The Morgan fingerprint density at radius 3 is 2.28 bits per heavy atom. The maximum absolute atomic E-state index is 12.7. The molecule has 1 heterocycles. The van der Waals surface area contributed by atoms with Crippen molar-refractivity contribution in [3.8, 4) is 0 Å². The van der Waals surface area contributed by atoms with Gasteiger partial charge in [-0.15, -0.1) is 0 Å². The molecule has 1 atom stereocenters. The first-order chi connectivity index (χ1) is 13.7. The van der Waals surface area contributed by atoms with Gasteiger partial charge in [0.2, 0.25) is 15.9 Å². The summed E-state index contributed by atoms with van der Waals surface area (Å²) < 4.78 is 26.9. The summed E-state index contributed by atoms with van der Waals surface area (Å²) in [7, 11) is -3.41. The minimum Gasteiger partial charge on any atom is -0.349 e. The number of rotatable bonds is 6. The maximum atomic E-state index is 12.7. The lowest BCUT2D eigenvalue weighted by atomic mass is 9.96. The van der Waals surface area contributed by atoms with Gasteiger partial charge in [0, 0.05) is 24.0 Å². The number of carbonyl (C=O) groups is 1. The van der Waals surface area contributed by atoms with E-state index in [4.69, 9.17) is 11.6 Å². The summed E-state index contributed by atoms with van der Waals surface area (Å²) in [5, 5.41) is 3.65. The van der Waals surface area contributed by atoms with Gasteiger partial charge in [-0.1, -0.05) is 53.6 Å². The minimum absolute atomic E-state index is 0.00664. The lowest BCUT2D eigenvalue weighted by Crippen LogP contribution is -2.43. The number of amides is 1. The van der Waals surface area contributed by atoms with Crippen LogP contribution in [-0.2, 0) is 20.6 Å². The second-order valence-electron chi connectivity index (χ2n) is 7.70. The number of halogens is 1. The molecule has 5 nitrogen and oxygen atoms in total. The number of carbonyl (C=O) groups excluding carboxylic acids is 1. The number of nitrogens with zero attached hydrogens (tertiary/aromatic N) is 1. The summed E-state index contributed by atoms with van der Waals surface area (Å²) in [6.07, 6.45) is 1.07. The molecule has 1 N–H and O–H groups in total. The van der Waals surface area contributed by atoms with Crippen molar-refractivity contribution in [1.29, 1.82) is 0 Å². The maximum Gasteiger partial charge on any atom is 0.223 e. The van der Waals surface area contributed by atoms with E-state index in [2.05, 4.69) is 5.32 Å². The third kappa shape index (κ3) is 5.81. The molecule has 1 aliphatic heterocycles. The molecule has 0 saturated carbocycles. The summed E-state index contributed by atoms with van der Waals surface area (Å²) in [6, 6.07) is 14.9. The topological polar surface area (TPSA) is 66.5 Å². The smallest absolute Gasteiger partial charge is 0.223 e. The van der Waals surface area contributed by atoms with Crippen LogP contribution in [0.4, 0.5) is 0 Å². The van der Waals surface area contributed by atoms with Crippen molar-refractivity contribution < 1.29 is 13.2 Å². The highest BCUT2D eigenvalue weighted by Crippen LogP contribution is 2.23. The van der Waals surface area contributed by atoms with Crippen molar-refractivity contribution >= 4 is 27.5 Å². The van der Waals surface area contributed by atoms with Gasteiger partial charge in [0.1, 0.15) is 0 Å². The zero-order chi connectivity index (χ0) is 21.0. The Balaban J connectivity index is 1.53. The normalized spacial score (nSPS) is 17.1. The predicted molar refractivity (Wildman–Crippen MR) is 116 cm³/mol. The monoisotopic (exact) mass is 434 g/mol. The highest BCUT2D eigenvalue weighted by molar-refractivity contribution is 7.88. The zero-order valence-electron chi connectivity index (χ0n) is 16.8. The Bertz CT molecular complexity index is 935. The number of aryl methyl sites for hydroxylation is 1. The number of piperidine rings is 1. The number of nitrogens with one attached hydrogen (secondary N) is 1. The molecule has 3 rings (SSSR count). The van der Waals surface area contributed by atoms with Crippen LogP contribution < -0.4 is 5.32 Å². The van der Waals surface area contributed by atoms with E-state index in [0.717, 1.165) is 5.56 Å². The second-order valence-corrected chi connectivity index (χ2v) is 10.1. The zero-order valence-corrected chi connectivity index (χ0v) is 18.3. The first-order valence-corrected chi connectivity index (χ1v) is 11.8. The van der Waals surface area contributed by atoms with Gasteiger partial charge in [-0.2, -0.15) is 0 Å². The molecule has 1 saturated heterocycles. The molecular formula is C22H27ClN2O3S. The first-order valence-electron chi connectivity index (χ1n) is 9.84. The van der Waals surface area contributed by atoms with E-state index < -0.39 is 10.0 Å². The number of hydrogen-bond donors (Lipinski definition) is 1. The molecule has 1 aliphatic rings. The second kappa shape index (κ2) is 9.28. The van der Waals surface area contributed by atoms with Crippen LogP contribution >= 0.6 is 11.6 Å². The summed E-state index contributed by atoms with van der Waals surface area (Å²) in [4.78, 5) is 12.6. The lowest BCUT2D eigenvalue weighted by molar-refractivity contribution is -0.126. The van der Waals surface area contributed by atoms with E-state index in [-0.39, 0.29) is 23.6 Å². The number of sulfonamides is 1. The predicted octanol–water partition coefficient (Wildman–Crippen LogP) is 4.07. The fraction of sp³-hybridized carbons (Fsp3) is 0.409. The van der Waals surface area contributed by atoms with E-state index in [1.807, 2.05) is 38.1 Å². The van der Waals surface area contributed by atoms with Gasteiger partial charge in [-0.25, -0.2) is 12.7 Å². The van der Waals surface area contributed by atoms with Crippen LogP contribution in [0.2, 0.25) is 5.02 Å². The highest BCUT2D eigenvalue weighted by Gasteiger charge is 2.31. The van der Waals surface area contributed by atoms with E-state index in [1.165, 1.54) is 9.87 Å². The molecule has 0 aliphatic carbocycles. The molecule has 1 amide bonds. The largest absolute Gasteiger partial charge is 0.349 e. The Morgan fingerprint density at radius 1 is 1.10 bits per heavy atom. The van der Waals surface area contributed by atoms with Crippen LogP contribution in [0.15, 0.2) is 48.5 Å². The lowest BCUT2D eigenvalue weighted by Gasteiger charge is -2.31. The average molecular weight is 435 g/mol. The average Bonchev–Trinajstić information content (AvgIpc) is 2.70. The summed E-state index contributed by atoms with van der Waals surface area (Å²) >= 11 is 5.86. The molecule has 0 aromatic heterocycles. The van der Waals surface area contributed by atoms with Crippen molar-refractivity contribution in [3.05, 3.63) is 70.2 Å². The Hall–Kier alpha value is -1.89. The molecule has 29 heavy (non-hydrogen) atoms. The van der Waals surface area contributed by atoms with Gasteiger partial charge >= 0.3 is 0 Å². The van der Waals surface area contributed by atoms with Crippen LogP contribution in [0.25, 0.3) is 0 Å². The van der Waals surface area contributed by atoms with Crippen molar-refractivity contribution in [1.82, 2.24) is 9.62 Å². The third-order valence-electron chi connectivity index (χ3n) is 5.42. The Kier molecular flexibility index (Phi) is 6.98. The fourth-order valence-electron chi connectivity index (χ4n) is 3.55. The molecule has 0 unspecified atom stereocenters. The first kappa shape index (κ1) is 21.8. The molecule has 1 fully saturated rings. The third-order valence-corrected chi connectivity index (χ3v) is 7.52. The minimum atomic E-state index is -3.41. The molecule has 7 heteroatoms. The fourth-order valence-corrected chi connectivity index (χ4v) is 5.24. The van der Waals surface area contributed by atoms with E-state index in [1.54, 1.807) is 24.3 Å². The van der Waals surface area contributed by atoms with Crippen LogP contribution in [0.5, 0.6) is 0 Å². The van der Waals surface area contributed by atoms with Gasteiger partial charge < -0.3 is 5.32 Å². The summed E-state index contributed by atoms with van der Waals surface area (Å²) in [5.41, 5.74) is 2.95. The quantitative estimate of drug-likeness (QED) is 0.745. The van der Waals surface area contributed by atoms with Crippen LogP contribution in [0.3, 0.4) is 0 Å². The van der Waals surface area contributed by atoms with Crippen LogP contribution in [0.1, 0.15) is 42.5 Å². The number of hydrogen-bond acceptors (Lipinski definition) is 3. The van der Waals surface area contributed by atoms with Crippen molar-refractivity contribution in [2.45, 2.75) is 38.5 Å². The van der Waals surface area contributed by atoms with Gasteiger partial charge in [0.25, 0.3) is 0 Å².